The van der Waals surface area contributed by atoms with Gasteiger partial charge in [-0.25, -0.2) is 4.98 Å². The molecule has 2 amide bonds. The molecule has 6 heteroatoms. The fraction of sp³-hybridized carbons (Fsp3) is 0.167. The Morgan fingerprint density at radius 3 is 2.50 bits per heavy atom. The van der Waals surface area contributed by atoms with Gasteiger partial charge in [0.05, 0.1) is 11.3 Å². The van der Waals surface area contributed by atoms with E-state index in [0.29, 0.717) is 16.4 Å². The lowest BCUT2D eigenvalue weighted by molar-refractivity contribution is -0.117. The number of aromatic nitrogens is 1. The van der Waals surface area contributed by atoms with Crippen molar-refractivity contribution in [2.75, 3.05) is 10.6 Å². The molecule has 1 heterocycles. The van der Waals surface area contributed by atoms with Crippen molar-refractivity contribution in [3.05, 3.63) is 53.5 Å². The van der Waals surface area contributed by atoms with Crippen LogP contribution in [0, 0.1) is 5.92 Å². The number of carbonyl (C=O) groups is 2. The van der Waals surface area contributed by atoms with Gasteiger partial charge in [-0.15, -0.1) is 11.3 Å². The van der Waals surface area contributed by atoms with E-state index >= 15 is 0 Å². The molecule has 0 saturated heterocycles. The zero-order chi connectivity index (χ0) is 16.5. The summed E-state index contributed by atoms with van der Waals surface area (Å²) in [5.74, 6) is -0.221. The topological polar surface area (TPSA) is 71.1 Å². The molecule has 2 aromatic carbocycles. The SMILES string of the molecule is O=C(Nc1nccs1)c1cc2ccccc2cc1NC(=O)C1CC1. The molecule has 1 aliphatic carbocycles. The van der Waals surface area contributed by atoms with Crippen LogP contribution in [0.15, 0.2) is 48.0 Å². The fourth-order valence-corrected chi connectivity index (χ4v) is 3.09. The van der Waals surface area contributed by atoms with E-state index in [9.17, 15) is 9.59 Å². The molecule has 4 rings (SSSR count). The summed E-state index contributed by atoms with van der Waals surface area (Å²) in [6, 6.07) is 11.4. The monoisotopic (exact) mass is 337 g/mol. The van der Waals surface area contributed by atoms with Crippen LogP contribution < -0.4 is 10.6 Å². The Morgan fingerprint density at radius 1 is 1.08 bits per heavy atom. The second kappa shape index (κ2) is 6.05. The molecule has 24 heavy (non-hydrogen) atoms. The number of anilines is 2. The van der Waals surface area contributed by atoms with Gasteiger partial charge in [0.1, 0.15) is 0 Å². The number of fused-ring (bicyclic) bond motifs is 1. The lowest BCUT2D eigenvalue weighted by Gasteiger charge is -2.12. The van der Waals surface area contributed by atoms with Crippen LogP contribution in [0.25, 0.3) is 10.8 Å². The summed E-state index contributed by atoms with van der Waals surface area (Å²) in [6.45, 7) is 0. The maximum Gasteiger partial charge on any atom is 0.259 e. The Kier molecular flexibility index (Phi) is 3.74. The number of rotatable bonds is 4. The maximum atomic E-state index is 12.6. The van der Waals surface area contributed by atoms with Gasteiger partial charge in [0, 0.05) is 17.5 Å². The zero-order valence-electron chi connectivity index (χ0n) is 12.8. The molecule has 0 radical (unpaired) electrons. The van der Waals surface area contributed by atoms with Crippen molar-refractivity contribution in [1.82, 2.24) is 4.98 Å². The van der Waals surface area contributed by atoms with Crippen molar-refractivity contribution >= 4 is 44.7 Å². The molecule has 1 saturated carbocycles. The fourth-order valence-electron chi connectivity index (χ4n) is 2.56. The van der Waals surface area contributed by atoms with Crippen molar-refractivity contribution in [2.45, 2.75) is 12.8 Å². The minimum atomic E-state index is -0.276. The number of hydrogen-bond donors (Lipinski definition) is 2. The number of nitrogens with one attached hydrogen (secondary N) is 2. The van der Waals surface area contributed by atoms with Gasteiger partial charge < -0.3 is 5.32 Å². The molecule has 1 fully saturated rings. The summed E-state index contributed by atoms with van der Waals surface area (Å²) in [4.78, 5) is 28.9. The van der Waals surface area contributed by atoms with Crippen molar-refractivity contribution in [3.63, 3.8) is 0 Å². The van der Waals surface area contributed by atoms with Crippen LogP contribution in [0.2, 0.25) is 0 Å². The second-order valence-corrected chi connectivity index (χ2v) is 6.69. The molecule has 0 unspecified atom stereocenters. The first-order chi connectivity index (χ1) is 11.7. The number of hydrogen-bond acceptors (Lipinski definition) is 4. The smallest absolute Gasteiger partial charge is 0.259 e. The Morgan fingerprint density at radius 2 is 1.83 bits per heavy atom. The van der Waals surface area contributed by atoms with Gasteiger partial charge in [-0.1, -0.05) is 24.3 Å². The average molecular weight is 337 g/mol. The maximum absolute atomic E-state index is 12.6. The van der Waals surface area contributed by atoms with Crippen molar-refractivity contribution in [3.8, 4) is 0 Å². The number of nitrogens with zero attached hydrogens (tertiary/aromatic N) is 1. The van der Waals surface area contributed by atoms with Crippen LogP contribution >= 0.6 is 11.3 Å². The molecule has 1 aromatic heterocycles. The molecule has 0 spiro atoms. The highest BCUT2D eigenvalue weighted by atomic mass is 32.1. The molecule has 3 aromatic rings. The van der Waals surface area contributed by atoms with Gasteiger partial charge in [-0.2, -0.15) is 0 Å². The van der Waals surface area contributed by atoms with Crippen LogP contribution in [0.5, 0.6) is 0 Å². The highest BCUT2D eigenvalue weighted by Crippen LogP contribution is 2.32. The quantitative estimate of drug-likeness (QED) is 0.758. The van der Waals surface area contributed by atoms with E-state index in [4.69, 9.17) is 0 Å². The number of thiazole rings is 1. The Labute approximate surface area is 142 Å². The summed E-state index contributed by atoms with van der Waals surface area (Å²) >= 11 is 1.35. The summed E-state index contributed by atoms with van der Waals surface area (Å²) < 4.78 is 0. The van der Waals surface area contributed by atoms with E-state index in [2.05, 4.69) is 15.6 Å². The Hall–Kier alpha value is -2.73. The third-order valence-electron chi connectivity index (χ3n) is 3.99. The zero-order valence-corrected chi connectivity index (χ0v) is 13.6. The Bertz CT molecular complexity index is 917. The van der Waals surface area contributed by atoms with Gasteiger partial charge in [0.25, 0.3) is 5.91 Å². The van der Waals surface area contributed by atoms with E-state index in [-0.39, 0.29) is 17.7 Å². The third kappa shape index (κ3) is 3.00. The third-order valence-corrected chi connectivity index (χ3v) is 4.68. The number of amides is 2. The first kappa shape index (κ1) is 14.8. The van der Waals surface area contributed by atoms with Crippen LogP contribution in [0.4, 0.5) is 10.8 Å². The number of benzene rings is 2. The standard InChI is InChI=1S/C18H15N3O2S/c22-16(11-5-6-11)20-15-10-13-4-2-1-3-12(13)9-14(15)17(23)21-18-19-7-8-24-18/h1-4,7-11H,5-6H2,(H,20,22)(H,19,21,23). The van der Waals surface area contributed by atoms with Crippen LogP contribution in [0.1, 0.15) is 23.2 Å². The minimum Gasteiger partial charge on any atom is -0.325 e. The summed E-state index contributed by atoms with van der Waals surface area (Å²) in [5.41, 5.74) is 0.984. The van der Waals surface area contributed by atoms with Gasteiger partial charge in [-0.05, 0) is 35.7 Å². The average Bonchev–Trinajstić information content (AvgIpc) is 3.32. The first-order valence-corrected chi connectivity index (χ1v) is 8.63. The van der Waals surface area contributed by atoms with Gasteiger partial charge >= 0.3 is 0 Å². The molecule has 0 bridgehead atoms. The van der Waals surface area contributed by atoms with Gasteiger partial charge in [-0.3, -0.25) is 14.9 Å². The highest BCUT2D eigenvalue weighted by Gasteiger charge is 2.30. The summed E-state index contributed by atoms with van der Waals surface area (Å²) in [7, 11) is 0. The van der Waals surface area contributed by atoms with E-state index in [1.807, 2.05) is 30.3 Å². The van der Waals surface area contributed by atoms with Gasteiger partial charge in [0.15, 0.2) is 5.13 Å². The molecule has 5 nitrogen and oxygen atoms in total. The summed E-state index contributed by atoms with van der Waals surface area (Å²) in [6.07, 6.45) is 3.47. The van der Waals surface area contributed by atoms with E-state index in [1.165, 1.54) is 11.3 Å². The van der Waals surface area contributed by atoms with E-state index < -0.39 is 0 Å². The highest BCUT2D eigenvalue weighted by molar-refractivity contribution is 7.13. The first-order valence-electron chi connectivity index (χ1n) is 7.75. The summed E-state index contributed by atoms with van der Waals surface area (Å²) in [5, 5.41) is 9.95. The van der Waals surface area contributed by atoms with Crippen molar-refractivity contribution in [1.29, 1.82) is 0 Å². The molecule has 0 aliphatic heterocycles. The molecule has 1 aliphatic rings. The van der Waals surface area contributed by atoms with E-state index in [1.54, 1.807) is 17.6 Å². The van der Waals surface area contributed by atoms with Crippen molar-refractivity contribution < 1.29 is 9.59 Å². The molecule has 2 N–H and O–H groups in total. The minimum absolute atomic E-state index is 0.0198. The largest absolute Gasteiger partial charge is 0.325 e. The van der Waals surface area contributed by atoms with Crippen molar-refractivity contribution in [2.24, 2.45) is 5.92 Å². The predicted molar refractivity (Wildman–Crippen MR) is 95.4 cm³/mol. The molecule has 0 atom stereocenters. The van der Waals surface area contributed by atoms with Crippen LogP contribution in [-0.4, -0.2) is 16.8 Å². The Balaban J connectivity index is 1.72. The van der Waals surface area contributed by atoms with E-state index in [0.717, 1.165) is 23.6 Å². The molecular weight excluding hydrogens is 322 g/mol. The number of carbonyl (C=O) groups excluding carboxylic acids is 2. The van der Waals surface area contributed by atoms with Crippen LogP contribution in [0.3, 0.4) is 0 Å². The normalized spacial score (nSPS) is 13.7. The second-order valence-electron chi connectivity index (χ2n) is 5.80. The molecular formula is C18H15N3O2S. The lowest BCUT2D eigenvalue weighted by atomic mass is 10.0. The molecule has 120 valence electrons. The van der Waals surface area contributed by atoms with Gasteiger partial charge in [0.2, 0.25) is 5.91 Å². The van der Waals surface area contributed by atoms with Crippen LogP contribution in [-0.2, 0) is 4.79 Å². The lowest BCUT2D eigenvalue weighted by Crippen LogP contribution is -2.19. The predicted octanol–water partition coefficient (Wildman–Crippen LogP) is 3.90.